The molecule has 1 aliphatic rings. The number of aromatic nitrogens is 1. The van der Waals surface area contributed by atoms with Gasteiger partial charge in [-0.3, -0.25) is 14.6 Å². The van der Waals surface area contributed by atoms with Gasteiger partial charge in [-0.1, -0.05) is 44.2 Å². The van der Waals surface area contributed by atoms with Gasteiger partial charge in [-0.2, -0.15) is 0 Å². The second kappa shape index (κ2) is 13.6. The normalized spacial score (nSPS) is 17.6. The predicted molar refractivity (Wildman–Crippen MR) is 150 cm³/mol. The van der Waals surface area contributed by atoms with Crippen LogP contribution in [-0.2, 0) is 16.1 Å². The van der Waals surface area contributed by atoms with Crippen LogP contribution in [0.15, 0.2) is 61.6 Å². The summed E-state index contributed by atoms with van der Waals surface area (Å²) < 4.78 is 13.6. The number of likely N-dealkylation sites (tertiary alicyclic amines) is 1. The largest absolute Gasteiger partial charge is 0.377 e. The second-order valence-electron chi connectivity index (χ2n) is 10.5. The molecule has 204 valence electrons. The summed E-state index contributed by atoms with van der Waals surface area (Å²) in [6, 6.07) is 6.06. The maximum Gasteiger partial charge on any atom is 0.245 e. The molecule has 2 amide bonds. The van der Waals surface area contributed by atoms with Gasteiger partial charge >= 0.3 is 0 Å². The minimum absolute atomic E-state index is 0.0125. The summed E-state index contributed by atoms with van der Waals surface area (Å²) in [7, 11) is 0. The first-order chi connectivity index (χ1) is 18.1. The van der Waals surface area contributed by atoms with E-state index in [1.165, 1.54) is 6.07 Å². The molecule has 0 spiro atoms. The lowest BCUT2D eigenvalue weighted by Crippen LogP contribution is -2.46. The van der Waals surface area contributed by atoms with Crippen molar-refractivity contribution in [3.63, 3.8) is 0 Å². The number of halogens is 2. The Balaban J connectivity index is 1.76. The number of carbonyl (C=O) groups is 2. The fourth-order valence-electron chi connectivity index (χ4n) is 5.07. The van der Waals surface area contributed by atoms with E-state index in [0.29, 0.717) is 37.5 Å². The zero-order valence-electron chi connectivity index (χ0n) is 22.3. The van der Waals surface area contributed by atoms with E-state index in [0.717, 1.165) is 36.0 Å². The number of benzene rings is 1. The van der Waals surface area contributed by atoms with E-state index in [-0.39, 0.29) is 22.8 Å². The molecule has 8 heteroatoms. The quantitative estimate of drug-likeness (QED) is 0.330. The molecule has 0 saturated carbocycles. The van der Waals surface area contributed by atoms with Gasteiger partial charge in [0.1, 0.15) is 11.9 Å². The molecule has 1 fully saturated rings. The smallest absolute Gasteiger partial charge is 0.245 e. The number of nitrogens with one attached hydrogen (secondary N) is 1. The molecule has 6 nitrogen and oxygen atoms in total. The Labute approximate surface area is 230 Å². The Bertz CT molecular complexity index is 1170. The van der Waals surface area contributed by atoms with Gasteiger partial charge in [0.05, 0.1) is 5.02 Å². The Morgan fingerprint density at radius 3 is 2.68 bits per heavy atom. The van der Waals surface area contributed by atoms with Crippen LogP contribution >= 0.6 is 11.6 Å². The molecule has 2 heterocycles. The van der Waals surface area contributed by atoms with Crippen LogP contribution in [0.2, 0.25) is 5.02 Å². The Kier molecular flexibility index (Phi) is 10.5. The molecule has 1 saturated heterocycles. The summed E-state index contributed by atoms with van der Waals surface area (Å²) in [6.45, 7) is 13.2. The number of amides is 2. The Morgan fingerprint density at radius 2 is 2.03 bits per heavy atom. The molecule has 3 atom stereocenters. The SMILES string of the molecule is C=CCC(C(N)=O)[C@@H](CC(C)C)C(=C)NC1CCCCN(Cc2cncc(-c3ccc(F)c(Cl)c3)c2)C1=O. The van der Waals surface area contributed by atoms with Crippen LogP contribution in [0.5, 0.6) is 0 Å². The lowest BCUT2D eigenvalue weighted by atomic mass is 9.80. The highest BCUT2D eigenvalue weighted by Crippen LogP contribution is 2.30. The van der Waals surface area contributed by atoms with Gasteiger partial charge in [0.25, 0.3) is 0 Å². The number of primary amides is 1. The van der Waals surface area contributed by atoms with E-state index >= 15 is 0 Å². The maximum atomic E-state index is 13.6. The Hall–Kier alpha value is -3.19. The van der Waals surface area contributed by atoms with Crippen molar-refractivity contribution in [2.45, 2.75) is 58.5 Å². The highest BCUT2D eigenvalue weighted by atomic mass is 35.5. The molecule has 0 radical (unpaired) electrons. The van der Waals surface area contributed by atoms with Crippen molar-refractivity contribution in [1.29, 1.82) is 0 Å². The first-order valence-corrected chi connectivity index (χ1v) is 13.5. The monoisotopic (exact) mass is 540 g/mol. The number of hydrogen-bond acceptors (Lipinski definition) is 4. The standard InChI is InChI=1S/C30H38ClFN4O2/c1-5-8-24(29(33)37)25(13-19(2)3)20(4)35-28-9-6-7-12-36(30(28)38)18-21-14-23(17-34-16-21)22-10-11-27(32)26(31)15-22/h5,10-11,14-17,19,24-25,28,35H,1,4,6-9,12-13,18H2,2-3H3,(H2,33,37)/t24?,25-,28?/m0/s1. The number of nitrogens with two attached hydrogens (primary N) is 1. The summed E-state index contributed by atoms with van der Waals surface area (Å²) in [6.07, 6.45) is 8.77. The van der Waals surface area contributed by atoms with Gasteiger partial charge in [0.2, 0.25) is 11.8 Å². The molecule has 3 rings (SSSR count). The van der Waals surface area contributed by atoms with E-state index in [2.05, 4.69) is 37.3 Å². The van der Waals surface area contributed by atoms with Crippen LogP contribution in [-0.4, -0.2) is 34.3 Å². The van der Waals surface area contributed by atoms with E-state index in [1.54, 1.807) is 30.6 Å². The fourth-order valence-corrected chi connectivity index (χ4v) is 5.25. The number of pyridine rings is 1. The van der Waals surface area contributed by atoms with Gasteiger partial charge < -0.3 is 16.0 Å². The number of rotatable bonds is 12. The lowest BCUT2D eigenvalue weighted by Gasteiger charge is -2.32. The van der Waals surface area contributed by atoms with Crippen LogP contribution in [0.4, 0.5) is 4.39 Å². The predicted octanol–water partition coefficient (Wildman–Crippen LogP) is 5.87. The van der Waals surface area contributed by atoms with Gasteiger partial charge in [-0.05, 0) is 67.3 Å². The Morgan fingerprint density at radius 1 is 1.26 bits per heavy atom. The number of carbonyl (C=O) groups excluding carboxylic acids is 2. The molecular weight excluding hydrogens is 503 g/mol. The molecule has 3 N–H and O–H groups in total. The second-order valence-corrected chi connectivity index (χ2v) is 10.9. The molecule has 1 aromatic heterocycles. The van der Waals surface area contributed by atoms with Crippen molar-refractivity contribution in [3.8, 4) is 11.1 Å². The van der Waals surface area contributed by atoms with E-state index in [1.807, 2.05) is 11.0 Å². The van der Waals surface area contributed by atoms with E-state index < -0.39 is 17.8 Å². The van der Waals surface area contributed by atoms with Gasteiger partial charge in [0, 0.05) is 48.6 Å². The molecule has 0 bridgehead atoms. The number of allylic oxidation sites excluding steroid dienone is 2. The summed E-state index contributed by atoms with van der Waals surface area (Å²) in [5.41, 5.74) is 8.83. The van der Waals surface area contributed by atoms with Gasteiger partial charge in [-0.15, -0.1) is 6.58 Å². The highest BCUT2D eigenvalue weighted by Gasteiger charge is 2.33. The number of hydrogen-bond donors (Lipinski definition) is 2. The minimum Gasteiger partial charge on any atom is -0.377 e. The first-order valence-electron chi connectivity index (χ1n) is 13.1. The summed E-state index contributed by atoms with van der Waals surface area (Å²) in [5.74, 6) is -1.18. The molecule has 2 aromatic rings. The van der Waals surface area contributed by atoms with Crippen molar-refractivity contribution in [3.05, 3.63) is 78.0 Å². The van der Waals surface area contributed by atoms with Crippen LogP contribution < -0.4 is 11.1 Å². The maximum absolute atomic E-state index is 13.6. The molecular formula is C30H38ClFN4O2. The number of nitrogens with zero attached hydrogens (tertiary/aromatic N) is 2. The van der Waals surface area contributed by atoms with Crippen molar-refractivity contribution in [2.24, 2.45) is 23.5 Å². The van der Waals surface area contributed by atoms with Crippen LogP contribution in [0.3, 0.4) is 0 Å². The third kappa shape index (κ3) is 7.67. The third-order valence-corrected chi connectivity index (χ3v) is 7.30. The first kappa shape index (κ1) is 29.4. The molecule has 1 aliphatic heterocycles. The van der Waals surface area contributed by atoms with Crippen molar-refractivity contribution in [1.82, 2.24) is 15.2 Å². The van der Waals surface area contributed by atoms with Crippen molar-refractivity contribution >= 4 is 23.4 Å². The van der Waals surface area contributed by atoms with Crippen molar-refractivity contribution < 1.29 is 14.0 Å². The van der Waals surface area contributed by atoms with Gasteiger partial charge in [0.15, 0.2) is 0 Å². The van der Waals surface area contributed by atoms with E-state index in [9.17, 15) is 14.0 Å². The highest BCUT2D eigenvalue weighted by molar-refractivity contribution is 6.31. The summed E-state index contributed by atoms with van der Waals surface area (Å²) in [4.78, 5) is 32.1. The molecule has 1 aromatic carbocycles. The molecule has 0 aliphatic carbocycles. The molecule has 38 heavy (non-hydrogen) atoms. The lowest BCUT2D eigenvalue weighted by molar-refractivity contribution is -0.133. The minimum atomic E-state index is -0.475. The van der Waals surface area contributed by atoms with Gasteiger partial charge in [-0.25, -0.2) is 4.39 Å². The fraction of sp³-hybridized carbons (Fsp3) is 0.433. The topological polar surface area (TPSA) is 88.3 Å². The van der Waals surface area contributed by atoms with Crippen LogP contribution in [0.1, 0.15) is 51.5 Å². The summed E-state index contributed by atoms with van der Waals surface area (Å²) >= 11 is 5.97. The molecule has 2 unspecified atom stereocenters. The third-order valence-electron chi connectivity index (χ3n) is 7.01. The average molecular weight is 541 g/mol. The zero-order valence-corrected chi connectivity index (χ0v) is 23.0. The average Bonchev–Trinajstić information content (AvgIpc) is 3.04. The van der Waals surface area contributed by atoms with E-state index in [4.69, 9.17) is 17.3 Å². The zero-order chi connectivity index (χ0) is 27.8. The van der Waals surface area contributed by atoms with Crippen LogP contribution in [0, 0.1) is 23.6 Å². The van der Waals surface area contributed by atoms with Crippen LogP contribution in [0.25, 0.3) is 11.1 Å². The van der Waals surface area contributed by atoms with Crippen molar-refractivity contribution in [2.75, 3.05) is 6.54 Å². The summed E-state index contributed by atoms with van der Waals surface area (Å²) in [5, 5.41) is 3.43.